The van der Waals surface area contributed by atoms with Gasteiger partial charge in [0.1, 0.15) is 11.8 Å². The molecule has 0 aliphatic carbocycles. The van der Waals surface area contributed by atoms with Crippen molar-refractivity contribution in [1.29, 1.82) is 5.26 Å². The van der Waals surface area contributed by atoms with E-state index in [4.69, 9.17) is 11.0 Å². The second kappa shape index (κ2) is 4.73. The zero-order chi connectivity index (χ0) is 10.6. The van der Waals surface area contributed by atoms with Crippen LogP contribution in [0.5, 0.6) is 0 Å². The summed E-state index contributed by atoms with van der Waals surface area (Å²) < 4.78 is 0. The number of hydrogen-bond acceptors (Lipinski definition) is 3. The molecule has 0 fully saturated rings. The lowest BCUT2D eigenvalue weighted by molar-refractivity contribution is 0.495. The first-order valence-corrected chi connectivity index (χ1v) is 4.76. The number of nitriles is 1. The third-order valence-corrected chi connectivity index (χ3v) is 2.32. The highest BCUT2D eigenvalue weighted by molar-refractivity contribution is 5.24. The van der Waals surface area contributed by atoms with Crippen LogP contribution in [-0.2, 0) is 0 Å². The third-order valence-electron chi connectivity index (χ3n) is 2.32. The molecule has 1 atom stereocenters. The molecular formula is C11H15N3. The Morgan fingerprint density at radius 1 is 1.50 bits per heavy atom. The smallest absolute Gasteiger partial charge is 0.140 e. The van der Waals surface area contributed by atoms with Crippen LogP contribution >= 0.6 is 0 Å². The van der Waals surface area contributed by atoms with Gasteiger partial charge in [-0.1, -0.05) is 19.9 Å². The summed E-state index contributed by atoms with van der Waals surface area (Å²) in [5.74, 6) is 0.685. The summed E-state index contributed by atoms with van der Waals surface area (Å²) in [6, 6.07) is 7.52. The van der Waals surface area contributed by atoms with Crippen molar-refractivity contribution in [2.75, 3.05) is 6.54 Å². The minimum absolute atomic E-state index is 0.239. The number of nitrogens with two attached hydrogens (primary N) is 1. The fraction of sp³-hybridized carbons (Fsp3) is 0.455. The van der Waals surface area contributed by atoms with Gasteiger partial charge in [0.25, 0.3) is 0 Å². The summed E-state index contributed by atoms with van der Waals surface area (Å²) >= 11 is 0. The van der Waals surface area contributed by atoms with Gasteiger partial charge in [-0.25, -0.2) is 4.98 Å². The van der Waals surface area contributed by atoms with E-state index in [0.717, 1.165) is 5.69 Å². The molecular weight excluding hydrogens is 174 g/mol. The molecule has 0 aliphatic rings. The summed E-state index contributed by atoms with van der Waals surface area (Å²) in [6.07, 6.45) is 0. The van der Waals surface area contributed by atoms with E-state index in [0.29, 0.717) is 18.2 Å². The largest absolute Gasteiger partial charge is 0.330 e. The molecule has 1 heterocycles. The van der Waals surface area contributed by atoms with Crippen molar-refractivity contribution in [3.8, 4) is 6.07 Å². The maximum Gasteiger partial charge on any atom is 0.140 e. The van der Waals surface area contributed by atoms with Crippen molar-refractivity contribution < 1.29 is 0 Å². The number of rotatable bonds is 3. The third kappa shape index (κ3) is 2.30. The summed E-state index contributed by atoms with van der Waals surface area (Å²) in [6.45, 7) is 4.79. The highest BCUT2D eigenvalue weighted by Crippen LogP contribution is 2.21. The molecule has 0 saturated heterocycles. The average Bonchev–Trinajstić information content (AvgIpc) is 2.19. The molecule has 0 spiro atoms. The van der Waals surface area contributed by atoms with Crippen molar-refractivity contribution in [3.05, 3.63) is 29.6 Å². The van der Waals surface area contributed by atoms with Gasteiger partial charge in [0.05, 0.1) is 0 Å². The van der Waals surface area contributed by atoms with Crippen molar-refractivity contribution in [2.24, 2.45) is 11.7 Å². The Balaban J connectivity index is 2.99. The Bertz CT molecular complexity index is 339. The van der Waals surface area contributed by atoms with Crippen LogP contribution in [0.1, 0.15) is 31.2 Å². The van der Waals surface area contributed by atoms with Crippen molar-refractivity contribution in [2.45, 2.75) is 19.8 Å². The van der Waals surface area contributed by atoms with Gasteiger partial charge >= 0.3 is 0 Å². The van der Waals surface area contributed by atoms with Crippen molar-refractivity contribution in [1.82, 2.24) is 4.98 Å². The molecule has 0 aliphatic heterocycles. The van der Waals surface area contributed by atoms with Crippen LogP contribution in [0.15, 0.2) is 18.2 Å². The molecule has 1 rings (SSSR count). The Morgan fingerprint density at radius 3 is 2.71 bits per heavy atom. The first kappa shape index (κ1) is 10.7. The molecule has 1 unspecified atom stereocenters. The summed E-state index contributed by atoms with van der Waals surface area (Å²) in [5, 5.41) is 8.71. The van der Waals surface area contributed by atoms with Gasteiger partial charge in [-0.2, -0.15) is 5.26 Å². The van der Waals surface area contributed by atoms with Gasteiger partial charge in [-0.05, 0) is 18.1 Å². The number of pyridine rings is 1. The van der Waals surface area contributed by atoms with Gasteiger partial charge in [0.15, 0.2) is 0 Å². The maximum atomic E-state index is 8.71. The Labute approximate surface area is 84.6 Å². The monoisotopic (exact) mass is 189 g/mol. The molecule has 3 nitrogen and oxygen atoms in total. The Hall–Kier alpha value is -1.40. The quantitative estimate of drug-likeness (QED) is 0.786. The average molecular weight is 189 g/mol. The van der Waals surface area contributed by atoms with Crippen LogP contribution in [-0.4, -0.2) is 11.5 Å². The molecule has 74 valence electrons. The van der Waals surface area contributed by atoms with Crippen LogP contribution in [0.3, 0.4) is 0 Å². The highest BCUT2D eigenvalue weighted by atomic mass is 14.7. The van der Waals surface area contributed by atoms with Gasteiger partial charge in [-0.15, -0.1) is 0 Å². The lowest BCUT2D eigenvalue weighted by atomic mass is 9.92. The first-order valence-electron chi connectivity index (χ1n) is 4.76. The van der Waals surface area contributed by atoms with E-state index in [1.165, 1.54) is 0 Å². The zero-order valence-corrected chi connectivity index (χ0v) is 8.57. The molecule has 0 radical (unpaired) electrons. The molecule has 3 heteroatoms. The number of hydrogen-bond donors (Lipinski definition) is 1. The number of nitrogens with zero attached hydrogens (tertiary/aromatic N) is 2. The van der Waals surface area contributed by atoms with E-state index in [1.807, 2.05) is 18.2 Å². The fourth-order valence-corrected chi connectivity index (χ4v) is 1.45. The SMILES string of the molecule is CC(C)C(CN)c1cccc(C#N)n1. The zero-order valence-electron chi connectivity index (χ0n) is 8.57. The minimum atomic E-state index is 0.239. The normalized spacial score (nSPS) is 12.5. The molecule has 1 aromatic heterocycles. The molecule has 1 aromatic rings. The van der Waals surface area contributed by atoms with Crippen LogP contribution < -0.4 is 5.73 Å². The number of aromatic nitrogens is 1. The highest BCUT2D eigenvalue weighted by Gasteiger charge is 2.15. The first-order chi connectivity index (χ1) is 6.69. The van der Waals surface area contributed by atoms with Crippen LogP contribution in [0.25, 0.3) is 0 Å². The molecule has 0 amide bonds. The summed E-state index contributed by atoms with van der Waals surface area (Å²) in [4.78, 5) is 4.24. The van der Waals surface area contributed by atoms with Gasteiger partial charge < -0.3 is 5.73 Å². The summed E-state index contributed by atoms with van der Waals surface area (Å²) in [5.41, 5.74) is 7.05. The van der Waals surface area contributed by atoms with Crippen molar-refractivity contribution in [3.63, 3.8) is 0 Å². The van der Waals surface area contributed by atoms with E-state index in [9.17, 15) is 0 Å². The van der Waals surface area contributed by atoms with Gasteiger partial charge in [-0.3, -0.25) is 0 Å². The predicted octanol–water partition coefficient (Wildman–Crippen LogP) is 1.65. The van der Waals surface area contributed by atoms with E-state index in [-0.39, 0.29) is 5.92 Å². The van der Waals surface area contributed by atoms with E-state index >= 15 is 0 Å². The van der Waals surface area contributed by atoms with Gasteiger partial charge in [0, 0.05) is 18.2 Å². The molecule has 14 heavy (non-hydrogen) atoms. The van der Waals surface area contributed by atoms with E-state index < -0.39 is 0 Å². The van der Waals surface area contributed by atoms with Crippen molar-refractivity contribution >= 4 is 0 Å². The standard InChI is InChI=1S/C11H15N3/c1-8(2)10(7-13)11-5-3-4-9(6-12)14-11/h3-5,8,10H,7,13H2,1-2H3. The molecule has 2 N–H and O–H groups in total. The topological polar surface area (TPSA) is 62.7 Å². The molecule has 0 bridgehead atoms. The van der Waals surface area contributed by atoms with Crippen LogP contribution in [0.2, 0.25) is 0 Å². The van der Waals surface area contributed by atoms with Crippen LogP contribution in [0, 0.1) is 17.2 Å². The van der Waals surface area contributed by atoms with E-state index in [1.54, 1.807) is 6.07 Å². The minimum Gasteiger partial charge on any atom is -0.330 e. The molecule has 0 saturated carbocycles. The van der Waals surface area contributed by atoms with E-state index in [2.05, 4.69) is 18.8 Å². The predicted molar refractivity (Wildman–Crippen MR) is 55.6 cm³/mol. The lowest BCUT2D eigenvalue weighted by Gasteiger charge is -2.17. The molecule has 0 aromatic carbocycles. The Kier molecular flexibility index (Phi) is 3.61. The Morgan fingerprint density at radius 2 is 2.21 bits per heavy atom. The second-order valence-electron chi connectivity index (χ2n) is 3.65. The lowest BCUT2D eigenvalue weighted by Crippen LogP contribution is -2.19. The second-order valence-corrected chi connectivity index (χ2v) is 3.65. The maximum absolute atomic E-state index is 8.71. The fourth-order valence-electron chi connectivity index (χ4n) is 1.45. The summed E-state index contributed by atoms with van der Waals surface area (Å²) in [7, 11) is 0. The van der Waals surface area contributed by atoms with Crippen LogP contribution in [0.4, 0.5) is 0 Å². The van der Waals surface area contributed by atoms with Gasteiger partial charge in [0.2, 0.25) is 0 Å².